The molecule has 1 aromatic heterocycles. The van der Waals surface area contributed by atoms with Crippen molar-refractivity contribution in [2.24, 2.45) is 12.8 Å². The van der Waals surface area contributed by atoms with Crippen LogP contribution in [0, 0.1) is 12.7 Å². The van der Waals surface area contributed by atoms with Crippen LogP contribution in [0.3, 0.4) is 0 Å². The number of halogens is 1. The molecule has 3 nitrogen and oxygen atoms in total. The highest BCUT2D eigenvalue weighted by Gasteiger charge is 2.16. The summed E-state index contributed by atoms with van der Waals surface area (Å²) in [7, 11) is 1.92. The summed E-state index contributed by atoms with van der Waals surface area (Å²) < 4.78 is 15.0. The molecule has 0 bridgehead atoms. The minimum atomic E-state index is -0.215. The highest BCUT2D eigenvalue weighted by Crippen LogP contribution is 2.25. The van der Waals surface area contributed by atoms with Crippen molar-refractivity contribution in [3.8, 4) is 0 Å². The van der Waals surface area contributed by atoms with E-state index in [1.165, 1.54) is 6.07 Å². The lowest BCUT2D eigenvalue weighted by molar-refractivity contribution is 0.622. The molecule has 2 aromatic carbocycles. The number of nitrogens with zero attached hydrogens (tertiary/aromatic N) is 2. The number of fused-ring (bicyclic) bond motifs is 1. The van der Waals surface area contributed by atoms with E-state index >= 15 is 0 Å². The third kappa shape index (κ3) is 2.54. The maximum Gasteiger partial charge on any atom is 0.123 e. The van der Waals surface area contributed by atoms with E-state index in [1.54, 1.807) is 12.1 Å². The summed E-state index contributed by atoms with van der Waals surface area (Å²) in [5.74, 6) is -0.215. The van der Waals surface area contributed by atoms with Crippen LogP contribution in [0.5, 0.6) is 0 Å². The number of para-hydroxylation sites is 1. The van der Waals surface area contributed by atoms with Gasteiger partial charge in [-0.05, 0) is 42.7 Å². The largest absolute Gasteiger partial charge is 0.322 e. The number of nitrogens with two attached hydrogens (primary N) is 1. The Kier molecular flexibility index (Phi) is 3.47. The third-order valence-corrected chi connectivity index (χ3v) is 3.88. The molecule has 1 unspecified atom stereocenters. The van der Waals surface area contributed by atoms with Gasteiger partial charge in [0.2, 0.25) is 0 Å². The van der Waals surface area contributed by atoms with Crippen molar-refractivity contribution in [2.45, 2.75) is 19.4 Å². The molecule has 3 aromatic rings. The minimum absolute atomic E-state index is 0.208. The third-order valence-electron chi connectivity index (χ3n) is 3.88. The highest BCUT2D eigenvalue weighted by atomic mass is 19.1. The summed E-state index contributed by atoms with van der Waals surface area (Å²) in [5.41, 5.74) is 10.3. The molecular formula is C17H18FN3. The van der Waals surface area contributed by atoms with Gasteiger partial charge in [0.1, 0.15) is 5.82 Å². The second-order valence-electron chi connectivity index (χ2n) is 5.41. The first kappa shape index (κ1) is 13.8. The Morgan fingerprint density at radius 2 is 2.00 bits per heavy atom. The Morgan fingerprint density at radius 3 is 2.76 bits per heavy atom. The van der Waals surface area contributed by atoms with E-state index in [1.807, 2.05) is 42.9 Å². The van der Waals surface area contributed by atoms with Gasteiger partial charge in [0, 0.05) is 12.4 Å². The lowest BCUT2D eigenvalue weighted by Crippen LogP contribution is -2.15. The number of hydrogen-bond donors (Lipinski definition) is 1. The van der Waals surface area contributed by atoms with Gasteiger partial charge < -0.3 is 5.73 Å². The quantitative estimate of drug-likeness (QED) is 0.801. The van der Waals surface area contributed by atoms with Crippen LogP contribution in [0.4, 0.5) is 4.39 Å². The summed E-state index contributed by atoms with van der Waals surface area (Å²) in [6.45, 7) is 1.90. The fourth-order valence-corrected chi connectivity index (χ4v) is 2.74. The van der Waals surface area contributed by atoms with Gasteiger partial charge in [-0.2, -0.15) is 5.10 Å². The Balaban J connectivity index is 1.95. The molecule has 0 saturated carbocycles. The Hall–Kier alpha value is -2.20. The second kappa shape index (κ2) is 5.30. The van der Waals surface area contributed by atoms with Crippen LogP contribution in [0.15, 0.2) is 42.5 Å². The fourth-order valence-electron chi connectivity index (χ4n) is 2.74. The van der Waals surface area contributed by atoms with Gasteiger partial charge >= 0.3 is 0 Å². The standard InChI is InChI=1S/C17H18FN3/c1-11-9-13(18)8-7-12(11)10-15(19)17-14-5-3-4-6-16(14)21(2)20-17/h3-9,15H,10,19H2,1-2H3. The summed E-state index contributed by atoms with van der Waals surface area (Å²) in [4.78, 5) is 0. The van der Waals surface area contributed by atoms with Crippen molar-refractivity contribution in [1.82, 2.24) is 9.78 Å². The van der Waals surface area contributed by atoms with Gasteiger partial charge in [-0.1, -0.05) is 24.3 Å². The van der Waals surface area contributed by atoms with E-state index in [9.17, 15) is 4.39 Å². The van der Waals surface area contributed by atoms with Crippen molar-refractivity contribution < 1.29 is 4.39 Å². The van der Waals surface area contributed by atoms with Crippen LogP contribution in [0.2, 0.25) is 0 Å². The molecule has 0 amide bonds. The zero-order valence-corrected chi connectivity index (χ0v) is 12.2. The SMILES string of the molecule is Cc1cc(F)ccc1CC(N)c1nn(C)c2ccccc12. The zero-order chi connectivity index (χ0) is 15.0. The maximum absolute atomic E-state index is 13.2. The zero-order valence-electron chi connectivity index (χ0n) is 12.2. The van der Waals surface area contributed by atoms with Crippen molar-refractivity contribution >= 4 is 10.9 Å². The first-order valence-electron chi connectivity index (χ1n) is 6.98. The molecule has 108 valence electrons. The topological polar surface area (TPSA) is 43.8 Å². The Labute approximate surface area is 123 Å². The van der Waals surface area contributed by atoms with E-state index < -0.39 is 0 Å². The van der Waals surface area contributed by atoms with E-state index in [0.29, 0.717) is 6.42 Å². The predicted molar refractivity (Wildman–Crippen MR) is 82.5 cm³/mol. The van der Waals surface area contributed by atoms with Crippen molar-refractivity contribution in [3.05, 3.63) is 65.1 Å². The average molecular weight is 283 g/mol. The fraction of sp³-hybridized carbons (Fsp3) is 0.235. The van der Waals surface area contributed by atoms with E-state index in [4.69, 9.17) is 5.73 Å². The highest BCUT2D eigenvalue weighted by molar-refractivity contribution is 5.82. The molecule has 0 aliphatic carbocycles. The number of hydrogen-bond acceptors (Lipinski definition) is 2. The van der Waals surface area contributed by atoms with Gasteiger partial charge in [0.25, 0.3) is 0 Å². The van der Waals surface area contributed by atoms with Gasteiger partial charge in [-0.3, -0.25) is 4.68 Å². The smallest absolute Gasteiger partial charge is 0.123 e. The lowest BCUT2D eigenvalue weighted by atomic mass is 9.98. The van der Waals surface area contributed by atoms with Crippen molar-refractivity contribution in [1.29, 1.82) is 0 Å². The summed E-state index contributed by atoms with van der Waals surface area (Å²) in [5, 5.41) is 5.63. The van der Waals surface area contributed by atoms with Crippen LogP contribution in [0.1, 0.15) is 22.9 Å². The number of aryl methyl sites for hydroxylation is 2. The first-order chi connectivity index (χ1) is 10.1. The molecule has 1 atom stereocenters. The van der Waals surface area contributed by atoms with Gasteiger partial charge in [0.15, 0.2) is 0 Å². The molecule has 0 aliphatic heterocycles. The molecule has 0 aliphatic rings. The van der Waals surface area contributed by atoms with Crippen LogP contribution in [-0.4, -0.2) is 9.78 Å². The molecule has 1 heterocycles. The Morgan fingerprint density at radius 1 is 1.24 bits per heavy atom. The molecule has 2 N–H and O–H groups in total. The number of aromatic nitrogens is 2. The lowest BCUT2D eigenvalue weighted by Gasteiger charge is -2.12. The molecule has 0 fully saturated rings. The summed E-state index contributed by atoms with van der Waals surface area (Å²) in [6, 6.07) is 12.7. The first-order valence-corrected chi connectivity index (χ1v) is 6.98. The van der Waals surface area contributed by atoms with Crippen LogP contribution >= 0.6 is 0 Å². The van der Waals surface area contributed by atoms with Crippen LogP contribution < -0.4 is 5.73 Å². The normalized spacial score (nSPS) is 12.8. The second-order valence-corrected chi connectivity index (χ2v) is 5.41. The predicted octanol–water partition coefficient (Wildman–Crippen LogP) is 3.26. The molecule has 0 spiro atoms. The maximum atomic E-state index is 13.2. The van der Waals surface area contributed by atoms with Crippen molar-refractivity contribution in [3.63, 3.8) is 0 Å². The number of benzene rings is 2. The van der Waals surface area contributed by atoms with E-state index in [-0.39, 0.29) is 11.9 Å². The summed E-state index contributed by atoms with van der Waals surface area (Å²) in [6.07, 6.45) is 0.646. The van der Waals surface area contributed by atoms with Gasteiger partial charge in [0.05, 0.1) is 17.3 Å². The van der Waals surface area contributed by atoms with E-state index in [2.05, 4.69) is 5.10 Å². The monoisotopic (exact) mass is 283 g/mol. The molecule has 3 rings (SSSR count). The van der Waals surface area contributed by atoms with E-state index in [0.717, 1.165) is 27.7 Å². The molecule has 0 saturated heterocycles. The van der Waals surface area contributed by atoms with Gasteiger partial charge in [-0.15, -0.1) is 0 Å². The molecular weight excluding hydrogens is 265 g/mol. The van der Waals surface area contributed by atoms with Crippen LogP contribution in [-0.2, 0) is 13.5 Å². The van der Waals surface area contributed by atoms with Crippen LogP contribution in [0.25, 0.3) is 10.9 Å². The Bertz CT molecular complexity index is 792. The number of rotatable bonds is 3. The molecule has 21 heavy (non-hydrogen) atoms. The van der Waals surface area contributed by atoms with Crippen molar-refractivity contribution in [2.75, 3.05) is 0 Å². The summed E-state index contributed by atoms with van der Waals surface area (Å²) >= 11 is 0. The molecule has 4 heteroatoms. The average Bonchev–Trinajstić information content (AvgIpc) is 2.80. The minimum Gasteiger partial charge on any atom is -0.322 e. The van der Waals surface area contributed by atoms with Gasteiger partial charge in [-0.25, -0.2) is 4.39 Å². The molecule has 0 radical (unpaired) electrons.